The number of rotatable bonds is 1. The van der Waals surface area contributed by atoms with Crippen LogP contribution in [0, 0.1) is 17.0 Å². The van der Waals surface area contributed by atoms with Crippen LogP contribution in [0.5, 0.6) is 0 Å². The van der Waals surface area contributed by atoms with Gasteiger partial charge in [-0.15, -0.1) is 0 Å². The number of benzene rings is 1. The van der Waals surface area contributed by atoms with Crippen LogP contribution in [0.1, 0.15) is 32.8 Å². The van der Waals surface area contributed by atoms with Crippen LogP contribution in [-0.2, 0) is 5.60 Å². The maximum absolute atomic E-state index is 13.5. The third-order valence-electron chi connectivity index (χ3n) is 3.98. The molecule has 2 atom stereocenters. The zero-order valence-corrected chi connectivity index (χ0v) is 12.2. The molecule has 21 heavy (non-hydrogen) atoms. The summed E-state index contributed by atoms with van der Waals surface area (Å²) in [6.07, 6.45) is -0.986. The molecule has 1 saturated heterocycles. The van der Waals surface area contributed by atoms with Crippen LogP contribution < -0.4 is 0 Å². The molecule has 0 radical (unpaired) electrons. The highest BCUT2D eigenvalue weighted by molar-refractivity contribution is 5.66. The van der Waals surface area contributed by atoms with Gasteiger partial charge in [-0.25, -0.2) is 13.6 Å². The Morgan fingerprint density at radius 3 is 2.43 bits per heavy atom. The van der Waals surface area contributed by atoms with Crippen molar-refractivity contribution in [2.45, 2.75) is 38.8 Å². The molecule has 0 bridgehead atoms. The first-order chi connectivity index (χ1) is 9.57. The van der Waals surface area contributed by atoms with E-state index in [1.165, 1.54) is 11.0 Å². The number of halogens is 2. The Morgan fingerprint density at radius 1 is 1.33 bits per heavy atom. The van der Waals surface area contributed by atoms with E-state index in [-0.39, 0.29) is 18.5 Å². The van der Waals surface area contributed by atoms with Crippen LogP contribution >= 0.6 is 0 Å². The highest BCUT2D eigenvalue weighted by Gasteiger charge is 2.54. The number of likely N-dealkylation sites (tertiary alicyclic amines) is 1. The van der Waals surface area contributed by atoms with Gasteiger partial charge in [0.1, 0.15) is 5.60 Å². The molecule has 4 nitrogen and oxygen atoms in total. The standard InChI is InChI=1S/C15H19F2NO3/c1-14(2,3)12-15(21,6-7-18(12)13(19)20)9-4-5-10(16)11(17)8-9/h4-5,8,12,21H,6-7H2,1-3H3,(H,19,20). The van der Waals surface area contributed by atoms with E-state index < -0.39 is 34.8 Å². The summed E-state index contributed by atoms with van der Waals surface area (Å²) in [5.41, 5.74) is -1.90. The summed E-state index contributed by atoms with van der Waals surface area (Å²) in [4.78, 5) is 12.5. The summed E-state index contributed by atoms with van der Waals surface area (Å²) in [6.45, 7) is 5.57. The van der Waals surface area contributed by atoms with E-state index >= 15 is 0 Å². The van der Waals surface area contributed by atoms with E-state index in [1.807, 2.05) is 20.8 Å². The maximum Gasteiger partial charge on any atom is 0.407 e. The number of amides is 1. The minimum atomic E-state index is -1.54. The Kier molecular flexibility index (Phi) is 3.70. The van der Waals surface area contributed by atoms with Gasteiger partial charge in [-0.1, -0.05) is 26.8 Å². The number of nitrogens with zero attached hydrogens (tertiary/aromatic N) is 1. The monoisotopic (exact) mass is 299 g/mol. The molecule has 6 heteroatoms. The summed E-state index contributed by atoms with van der Waals surface area (Å²) >= 11 is 0. The number of aliphatic hydroxyl groups is 1. The minimum Gasteiger partial charge on any atom is -0.465 e. The van der Waals surface area contributed by atoms with Gasteiger partial charge in [-0.05, 0) is 23.1 Å². The summed E-state index contributed by atoms with van der Waals surface area (Å²) < 4.78 is 26.6. The molecule has 1 aromatic carbocycles. The number of hydrogen-bond acceptors (Lipinski definition) is 2. The topological polar surface area (TPSA) is 60.8 Å². The molecule has 1 aliphatic heterocycles. The van der Waals surface area contributed by atoms with Gasteiger partial charge in [0.05, 0.1) is 6.04 Å². The van der Waals surface area contributed by atoms with E-state index in [0.29, 0.717) is 0 Å². The van der Waals surface area contributed by atoms with E-state index in [0.717, 1.165) is 12.1 Å². The minimum absolute atomic E-state index is 0.145. The van der Waals surface area contributed by atoms with Crippen molar-refractivity contribution in [2.75, 3.05) is 6.54 Å². The van der Waals surface area contributed by atoms with Crippen molar-refractivity contribution in [2.24, 2.45) is 5.41 Å². The molecule has 1 aliphatic rings. The molecule has 1 heterocycles. The van der Waals surface area contributed by atoms with Crippen LogP contribution in [0.2, 0.25) is 0 Å². The predicted octanol–water partition coefficient (Wildman–Crippen LogP) is 2.95. The van der Waals surface area contributed by atoms with Crippen LogP contribution in [0.4, 0.5) is 13.6 Å². The molecule has 2 unspecified atom stereocenters. The third-order valence-corrected chi connectivity index (χ3v) is 3.98. The summed E-state index contributed by atoms with van der Waals surface area (Å²) in [5, 5.41) is 20.3. The van der Waals surface area contributed by atoms with Crippen molar-refractivity contribution in [3.8, 4) is 0 Å². The van der Waals surface area contributed by atoms with Crippen molar-refractivity contribution < 1.29 is 23.8 Å². The number of carbonyl (C=O) groups is 1. The summed E-state index contributed by atoms with van der Waals surface area (Å²) in [6, 6.07) is 2.46. The second-order valence-corrected chi connectivity index (χ2v) is 6.55. The van der Waals surface area contributed by atoms with Crippen molar-refractivity contribution in [1.29, 1.82) is 0 Å². The largest absolute Gasteiger partial charge is 0.465 e. The van der Waals surface area contributed by atoms with Gasteiger partial charge in [0, 0.05) is 13.0 Å². The molecule has 1 aromatic rings. The second-order valence-electron chi connectivity index (χ2n) is 6.55. The summed E-state index contributed by atoms with van der Waals surface area (Å²) in [7, 11) is 0. The fourth-order valence-corrected chi connectivity index (χ4v) is 3.27. The fraction of sp³-hybridized carbons (Fsp3) is 0.533. The van der Waals surface area contributed by atoms with E-state index in [9.17, 15) is 23.8 Å². The molecule has 0 aliphatic carbocycles. The first-order valence-electron chi connectivity index (χ1n) is 6.75. The number of carboxylic acid groups (broad SMARTS) is 1. The first-order valence-corrected chi connectivity index (χ1v) is 6.75. The van der Waals surface area contributed by atoms with E-state index in [2.05, 4.69) is 0 Å². The van der Waals surface area contributed by atoms with E-state index in [4.69, 9.17) is 0 Å². The zero-order chi connectivity index (χ0) is 16.0. The molecule has 0 spiro atoms. The molecule has 0 aromatic heterocycles. The van der Waals surface area contributed by atoms with Crippen molar-refractivity contribution in [3.05, 3.63) is 35.4 Å². The van der Waals surface area contributed by atoms with Gasteiger partial charge in [0.2, 0.25) is 0 Å². The van der Waals surface area contributed by atoms with Gasteiger partial charge >= 0.3 is 6.09 Å². The van der Waals surface area contributed by atoms with Crippen LogP contribution in [0.25, 0.3) is 0 Å². The van der Waals surface area contributed by atoms with Gasteiger partial charge in [0.15, 0.2) is 11.6 Å². The van der Waals surface area contributed by atoms with Gasteiger partial charge in [-0.2, -0.15) is 0 Å². The molecule has 2 N–H and O–H groups in total. The SMILES string of the molecule is CC(C)(C)C1N(C(=O)O)CCC1(O)c1ccc(F)c(F)c1. The molecular formula is C15H19F2NO3. The second kappa shape index (κ2) is 4.94. The average Bonchev–Trinajstić information content (AvgIpc) is 2.72. The van der Waals surface area contributed by atoms with Crippen molar-refractivity contribution >= 4 is 6.09 Å². The molecule has 116 valence electrons. The molecule has 2 rings (SSSR count). The molecule has 1 fully saturated rings. The van der Waals surface area contributed by atoms with Gasteiger partial charge < -0.3 is 15.1 Å². The lowest BCUT2D eigenvalue weighted by Gasteiger charge is -2.42. The number of hydrogen-bond donors (Lipinski definition) is 2. The van der Waals surface area contributed by atoms with Crippen molar-refractivity contribution in [3.63, 3.8) is 0 Å². The van der Waals surface area contributed by atoms with Crippen molar-refractivity contribution in [1.82, 2.24) is 4.90 Å². The smallest absolute Gasteiger partial charge is 0.407 e. The van der Waals surface area contributed by atoms with Gasteiger partial charge in [0.25, 0.3) is 0 Å². The fourth-order valence-electron chi connectivity index (χ4n) is 3.27. The normalized spacial score (nSPS) is 26.2. The third kappa shape index (κ3) is 2.60. The highest BCUT2D eigenvalue weighted by Crippen LogP contribution is 2.45. The van der Waals surface area contributed by atoms with E-state index in [1.54, 1.807) is 0 Å². The summed E-state index contributed by atoms with van der Waals surface area (Å²) in [5.74, 6) is -2.05. The molecule has 0 saturated carbocycles. The highest BCUT2D eigenvalue weighted by atomic mass is 19.2. The van der Waals surface area contributed by atoms with Crippen LogP contribution in [-0.4, -0.2) is 33.8 Å². The Hall–Kier alpha value is -1.69. The zero-order valence-electron chi connectivity index (χ0n) is 12.2. The lowest BCUT2D eigenvalue weighted by atomic mass is 9.73. The average molecular weight is 299 g/mol. The van der Waals surface area contributed by atoms with Crippen LogP contribution in [0.15, 0.2) is 18.2 Å². The maximum atomic E-state index is 13.5. The molecule has 1 amide bonds. The Bertz CT molecular complexity index is 571. The first kappa shape index (κ1) is 15.7. The predicted molar refractivity (Wildman–Crippen MR) is 72.8 cm³/mol. The lowest BCUT2D eigenvalue weighted by Crippen LogP contribution is -2.52. The molecular weight excluding hydrogens is 280 g/mol. The Morgan fingerprint density at radius 2 is 1.95 bits per heavy atom. The van der Waals surface area contributed by atoms with Crippen LogP contribution in [0.3, 0.4) is 0 Å². The Labute approximate surface area is 122 Å². The lowest BCUT2D eigenvalue weighted by molar-refractivity contribution is -0.0415. The Balaban J connectivity index is 2.53. The quantitative estimate of drug-likeness (QED) is 0.838. The van der Waals surface area contributed by atoms with Gasteiger partial charge in [-0.3, -0.25) is 0 Å².